The molecule has 0 aromatic heterocycles. The summed E-state index contributed by atoms with van der Waals surface area (Å²) >= 11 is 0. The molecule has 14 heavy (non-hydrogen) atoms. The molecule has 0 aliphatic heterocycles. The minimum Gasteiger partial charge on any atom is -0.481 e. The first-order valence-corrected chi connectivity index (χ1v) is 4.58. The maximum absolute atomic E-state index is 11.3. The number of aliphatic carboxylic acids is 1. The predicted octanol–water partition coefficient (Wildman–Crippen LogP) is 1.28. The van der Waals surface area contributed by atoms with Gasteiger partial charge in [0.1, 0.15) is 0 Å². The monoisotopic (exact) mass is 199 g/mol. The second kappa shape index (κ2) is 6.18. The Morgan fingerprint density at radius 1 is 1.36 bits per heavy atom. The van der Waals surface area contributed by atoms with Crippen LogP contribution < -0.4 is 0 Å². The second-order valence-corrected chi connectivity index (χ2v) is 3.36. The van der Waals surface area contributed by atoms with Gasteiger partial charge in [-0.25, -0.2) is 0 Å². The zero-order valence-electron chi connectivity index (χ0n) is 8.75. The summed E-state index contributed by atoms with van der Waals surface area (Å²) in [6, 6.07) is 0. The molecule has 0 aliphatic rings. The molecule has 1 amide bonds. The van der Waals surface area contributed by atoms with E-state index in [-0.39, 0.29) is 12.3 Å². The lowest BCUT2D eigenvalue weighted by molar-refractivity contribution is -0.137. The fraction of sp³-hybridized carbons (Fsp3) is 0.600. The average molecular weight is 199 g/mol. The van der Waals surface area contributed by atoms with Crippen LogP contribution in [0, 0.1) is 0 Å². The van der Waals surface area contributed by atoms with Gasteiger partial charge >= 0.3 is 5.97 Å². The van der Waals surface area contributed by atoms with Gasteiger partial charge < -0.3 is 10.0 Å². The third-order valence-electron chi connectivity index (χ3n) is 1.85. The maximum atomic E-state index is 11.3. The molecule has 0 aromatic rings. The van der Waals surface area contributed by atoms with E-state index < -0.39 is 5.97 Å². The highest BCUT2D eigenvalue weighted by Gasteiger charge is 2.08. The number of amides is 1. The Hall–Kier alpha value is -1.32. The number of carbonyl (C=O) groups excluding carboxylic acids is 1. The highest BCUT2D eigenvalue weighted by Crippen LogP contribution is 2.01. The fourth-order valence-electron chi connectivity index (χ4n) is 1.05. The molecule has 0 aliphatic carbocycles. The molecule has 0 aromatic carbocycles. The van der Waals surface area contributed by atoms with E-state index in [9.17, 15) is 9.59 Å². The van der Waals surface area contributed by atoms with Crippen LogP contribution in [0.5, 0.6) is 0 Å². The van der Waals surface area contributed by atoms with E-state index in [1.807, 2.05) is 0 Å². The van der Waals surface area contributed by atoms with Crippen molar-refractivity contribution < 1.29 is 14.7 Å². The summed E-state index contributed by atoms with van der Waals surface area (Å²) < 4.78 is 0. The Labute approximate surface area is 84.2 Å². The van der Waals surface area contributed by atoms with Crippen molar-refractivity contribution in [2.45, 2.75) is 26.2 Å². The summed E-state index contributed by atoms with van der Waals surface area (Å²) in [5.74, 6) is -0.876. The lowest BCUT2D eigenvalue weighted by atomic mass is 10.2. The Balaban J connectivity index is 3.64. The van der Waals surface area contributed by atoms with Crippen LogP contribution in [-0.4, -0.2) is 35.5 Å². The van der Waals surface area contributed by atoms with Crippen LogP contribution >= 0.6 is 0 Å². The van der Waals surface area contributed by atoms with Gasteiger partial charge in [0.05, 0.1) is 0 Å². The van der Waals surface area contributed by atoms with Crippen molar-refractivity contribution in [1.82, 2.24) is 4.90 Å². The maximum Gasteiger partial charge on any atom is 0.303 e. The van der Waals surface area contributed by atoms with E-state index in [1.54, 1.807) is 18.9 Å². The molecule has 0 fully saturated rings. The van der Waals surface area contributed by atoms with Gasteiger partial charge in [0.2, 0.25) is 5.91 Å². The summed E-state index contributed by atoms with van der Waals surface area (Å²) in [6.45, 7) is 5.79. The highest BCUT2D eigenvalue weighted by atomic mass is 16.4. The van der Waals surface area contributed by atoms with Gasteiger partial charge in [-0.05, 0) is 19.8 Å². The van der Waals surface area contributed by atoms with E-state index in [4.69, 9.17) is 5.11 Å². The summed E-state index contributed by atoms with van der Waals surface area (Å²) in [6.07, 6.45) is 1.47. The van der Waals surface area contributed by atoms with Crippen LogP contribution in [0.3, 0.4) is 0 Å². The third kappa shape index (κ3) is 5.35. The number of hydrogen-bond acceptors (Lipinski definition) is 2. The molecule has 0 unspecified atom stereocenters. The summed E-state index contributed by atoms with van der Waals surface area (Å²) in [7, 11) is 1.69. The number of carbonyl (C=O) groups is 2. The van der Waals surface area contributed by atoms with Crippen molar-refractivity contribution in [1.29, 1.82) is 0 Å². The molecular weight excluding hydrogens is 182 g/mol. The smallest absolute Gasteiger partial charge is 0.303 e. The van der Waals surface area contributed by atoms with Crippen molar-refractivity contribution in [2.75, 3.05) is 13.6 Å². The molecule has 0 saturated heterocycles. The zero-order valence-corrected chi connectivity index (χ0v) is 8.75. The van der Waals surface area contributed by atoms with Crippen LogP contribution in [0.15, 0.2) is 12.2 Å². The van der Waals surface area contributed by atoms with E-state index in [0.29, 0.717) is 25.0 Å². The molecule has 0 radical (unpaired) electrons. The van der Waals surface area contributed by atoms with Gasteiger partial charge in [-0.1, -0.05) is 6.58 Å². The first-order valence-electron chi connectivity index (χ1n) is 4.58. The van der Waals surface area contributed by atoms with Crippen LogP contribution in [-0.2, 0) is 9.59 Å². The number of nitrogens with zero attached hydrogens (tertiary/aromatic N) is 1. The highest BCUT2D eigenvalue weighted by molar-refractivity contribution is 5.91. The van der Waals surface area contributed by atoms with Gasteiger partial charge in [-0.3, -0.25) is 9.59 Å². The largest absolute Gasteiger partial charge is 0.481 e. The SMILES string of the molecule is C=C(C)C(=O)N(C)CCCCC(=O)O. The predicted molar refractivity (Wildman–Crippen MR) is 53.9 cm³/mol. The van der Waals surface area contributed by atoms with E-state index in [0.717, 1.165) is 0 Å². The van der Waals surface area contributed by atoms with Crippen LogP contribution in [0.4, 0.5) is 0 Å². The molecule has 4 heteroatoms. The van der Waals surface area contributed by atoms with Crippen LogP contribution in [0.1, 0.15) is 26.2 Å². The van der Waals surface area contributed by atoms with Crippen LogP contribution in [0.25, 0.3) is 0 Å². The molecule has 0 atom stereocenters. The van der Waals surface area contributed by atoms with Crippen LogP contribution in [0.2, 0.25) is 0 Å². The molecule has 0 bridgehead atoms. The number of unbranched alkanes of at least 4 members (excludes halogenated alkanes) is 1. The Bertz CT molecular complexity index is 236. The van der Waals surface area contributed by atoms with Gasteiger partial charge in [0, 0.05) is 25.6 Å². The van der Waals surface area contributed by atoms with Crippen molar-refractivity contribution >= 4 is 11.9 Å². The molecule has 0 heterocycles. The minimum atomic E-state index is -0.793. The van der Waals surface area contributed by atoms with E-state index in [1.165, 1.54) is 0 Å². The Morgan fingerprint density at radius 3 is 2.36 bits per heavy atom. The third-order valence-corrected chi connectivity index (χ3v) is 1.85. The topological polar surface area (TPSA) is 57.6 Å². The molecule has 1 N–H and O–H groups in total. The molecule has 0 rings (SSSR count). The van der Waals surface area contributed by atoms with E-state index >= 15 is 0 Å². The first-order chi connectivity index (χ1) is 6.45. The Morgan fingerprint density at radius 2 is 1.93 bits per heavy atom. The molecule has 80 valence electrons. The van der Waals surface area contributed by atoms with Crippen molar-refractivity contribution in [3.63, 3.8) is 0 Å². The summed E-state index contributed by atoms with van der Waals surface area (Å²) in [5, 5.41) is 8.38. The molecule has 0 spiro atoms. The van der Waals surface area contributed by atoms with E-state index in [2.05, 4.69) is 6.58 Å². The standard InChI is InChI=1S/C10H17NO3/c1-8(2)10(14)11(3)7-5-4-6-9(12)13/h1,4-7H2,2-3H3,(H,12,13). The number of carboxylic acid groups (broad SMARTS) is 1. The molecular formula is C10H17NO3. The number of carboxylic acids is 1. The van der Waals surface area contributed by atoms with Gasteiger partial charge in [-0.15, -0.1) is 0 Å². The quantitative estimate of drug-likeness (QED) is 0.517. The number of rotatable bonds is 6. The average Bonchev–Trinajstić information content (AvgIpc) is 2.10. The first kappa shape index (κ1) is 12.7. The summed E-state index contributed by atoms with van der Waals surface area (Å²) in [5.41, 5.74) is 0.505. The Kier molecular flexibility index (Phi) is 5.60. The summed E-state index contributed by atoms with van der Waals surface area (Å²) in [4.78, 5) is 23.0. The normalized spacial score (nSPS) is 9.57. The van der Waals surface area contributed by atoms with Gasteiger partial charge in [0.25, 0.3) is 0 Å². The molecule has 0 saturated carbocycles. The van der Waals surface area contributed by atoms with Gasteiger partial charge in [-0.2, -0.15) is 0 Å². The fourth-order valence-corrected chi connectivity index (χ4v) is 1.05. The second-order valence-electron chi connectivity index (χ2n) is 3.36. The lowest BCUT2D eigenvalue weighted by Gasteiger charge is -2.16. The number of hydrogen-bond donors (Lipinski definition) is 1. The van der Waals surface area contributed by atoms with Crippen molar-refractivity contribution in [3.8, 4) is 0 Å². The van der Waals surface area contributed by atoms with Gasteiger partial charge in [0.15, 0.2) is 0 Å². The van der Waals surface area contributed by atoms with Crippen molar-refractivity contribution in [3.05, 3.63) is 12.2 Å². The molecule has 4 nitrogen and oxygen atoms in total. The number of likely N-dealkylation sites (N-methyl/N-ethyl adjacent to an activating group) is 1. The zero-order chi connectivity index (χ0) is 11.1. The van der Waals surface area contributed by atoms with Crippen molar-refractivity contribution in [2.24, 2.45) is 0 Å². The lowest BCUT2D eigenvalue weighted by Crippen LogP contribution is -2.28. The minimum absolute atomic E-state index is 0.0830.